The zero-order valence-electron chi connectivity index (χ0n) is 20.8. The van der Waals surface area contributed by atoms with E-state index < -0.39 is 46.5 Å². The summed E-state index contributed by atoms with van der Waals surface area (Å²) in [5, 5.41) is 13.8. The Bertz CT molecular complexity index is 1560. The summed E-state index contributed by atoms with van der Waals surface area (Å²) in [7, 11) is 0. The molecule has 1 fully saturated rings. The molecule has 0 spiro atoms. The number of rotatable bonds is 6. The molecule has 1 aromatic carbocycles. The molecule has 196 valence electrons. The van der Waals surface area contributed by atoms with E-state index in [1.807, 2.05) is 49.6 Å². The number of nitrogens with zero attached hydrogens (tertiary/aromatic N) is 5. The molecule has 38 heavy (non-hydrogen) atoms. The highest BCUT2D eigenvalue weighted by Gasteiger charge is 2.35. The Morgan fingerprint density at radius 3 is 2.66 bits per heavy atom. The summed E-state index contributed by atoms with van der Waals surface area (Å²) in [5.41, 5.74) is 0.338. The van der Waals surface area contributed by atoms with Crippen molar-refractivity contribution in [2.45, 2.75) is 38.6 Å². The Hall–Kier alpha value is -3.99. The number of hydrogen-bond acceptors (Lipinski definition) is 7. The minimum atomic E-state index is -0.871. The average Bonchev–Trinajstić information content (AvgIpc) is 3.56. The topological polar surface area (TPSA) is 101 Å². The number of likely N-dealkylation sites (tertiary alicyclic amines) is 1. The van der Waals surface area contributed by atoms with Crippen molar-refractivity contribution in [2.75, 3.05) is 13.1 Å². The van der Waals surface area contributed by atoms with E-state index in [1.54, 1.807) is 0 Å². The Kier molecular flexibility index (Phi) is 7.02. The second-order valence-corrected chi connectivity index (χ2v) is 10.1. The second kappa shape index (κ2) is 10.4. The van der Waals surface area contributed by atoms with E-state index in [1.165, 1.54) is 20.8 Å². The predicted octanol–water partition coefficient (Wildman–Crippen LogP) is 4.68. The van der Waals surface area contributed by atoms with Gasteiger partial charge >= 0.3 is 0 Å². The van der Waals surface area contributed by atoms with Gasteiger partial charge < -0.3 is 10.0 Å². The molecule has 4 aromatic rings. The summed E-state index contributed by atoms with van der Waals surface area (Å²) in [6.45, 7) is 4.03. The fraction of sp³-hybridized carbons (Fsp3) is 0.296. The molecule has 1 saturated heterocycles. The highest BCUT2D eigenvalue weighted by atomic mass is 32.1. The van der Waals surface area contributed by atoms with Crippen LogP contribution in [0.1, 0.15) is 59.0 Å². The summed E-state index contributed by atoms with van der Waals surface area (Å²) >= 11 is 1.29. The van der Waals surface area contributed by atoms with Crippen LogP contribution in [-0.2, 0) is 0 Å². The Morgan fingerprint density at radius 1 is 1.24 bits per heavy atom. The van der Waals surface area contributed by atoms with E-state index in [-0.39, 0.29) is 24.6 Å². The van der Waals surface area contributed by atoms with E-state index in [4.69, 9.17) is 0 Å². The molecule has 0 bridgehead atoms. The van der Waals surface area contributed by atoms with Crippen LogP contribution in [0.15, 0.2) is 52.8 Å². The highest BCUT2D eigenvalue weighted by Crippen LogP contribution is 2.35. The molecule has 11 heteroatoms. The Morgan fingerprint density at radius 2 is 2.00 bits per heavy atom. The van der Waals surface area contributed by atoms with Crippen LogP contribution in [-0.4, -0.2) is 48.5 Å². The minimum Gasteiger partial charge on any atom is -0.494 e. The van der Waals surface area contributed by atoms with E-state index in [0.29, 0.717) is 17.8 Å². The number of hydrogen-bond donors (Lipinski definition) is 1. The van der Waals surface area contributed by atoms with Crippen LogP contribution < -0.4 is 5.56 Å². The zero-order chi connectivity index (χ0) is 27.0. The third-order valence-corrected chi connectivity index (χ3v) is 7.66. The lowest BCUT2D eigenvalue weighted by atomic mass is 10.0. The van der Waals surface area contributed by atoms with Crippen molar-refractivity contribution in [3.8, 4) is 16.7 Å². The fourth-order valence-electron chi connectivity index (χ4n) is 4.91. The molecule has 8 nitrogen and oxygen atoms in total. The largest absolute Gasteiger partial charge is 0.494 e. The van der Waals surface area contributed by atoms with Crippen LogP contribution in [0, 0.1) is 18.6 Å². The van der Waals surface area contributed by atoms with Crippen molar-refractivity contribution >= 4 is 17.2 Å². The van der Waals surface area contributed by atoms with E-state index in [2.05, 4.69) is 15.0 Å². The van der Waals surface area contributed by atoms with Gasteiger partial charge in [0.05, 0.1) is 17.9 Å². The maximum atomic E-state index is 14.3. The van der Waals surface area contributed by atoms with Crippen LogP contribution in [0.2, 0.25) is 0 Å². The number of aromatic nitrogens is 4. The molecule has 1 aliphatic rings. The molecule has 5 rings (SSSR count). The van der Waals surface area contributed by atoms with E-state index >= 15 is 0 Å². The van der Waals surface area contributed by atoms with Gasteiger partial charge in [-0.2, -0.15) is 4.98 Å². The van der Waals surface area contributed by atoms with Crippen molar-refractivity contribution in [1.82, 2.24) is 24.4 Å². The maximum absolute atomic E-state index is 14.3. The molecule has 4 heterocycles. The van der Waals surface area contributed by atoms with Gasteiger partial charge in [-0.25, -0.2) is 13.8 Å². The van der Waals surface area contributed by atoms with E-state index in [9.17, 15) is 23.5 Å². The van der Waals surface area contributed by atoms with Gasteiger partial charge in [-0.3, -0.25) is 19.1 Å². The lowest BCUT2D eigenvalue weighted by molar-refractivity contribution is 0.0783. The normalized spacial score (nSPS) is 16.1. The summed E-state index contributed by atoms with van der Waals surface area (Å²) in [6.07, 6.45) is 1.85. The lowest BCUT2D eigenvalue weighted by Gasteiger charge is -2.25. The van der Waals surface area contributed by atoms with Gasteiger partial charge in [0.1, 0.15) is 11.6 Å². The molecule has 0 aliphatic carbocycles. The molecule has 1 N–H and O–H groups in total. The first-order chi connectivity index (χ1) is 18.3. The SMILES string of the molecule is CCC(c1ccccc1)n1c(-c2nc(C)cs2)nc(=O)c(C(=O)N2CCC(c3ncc(F)cc3F)C2)c1O. The molecule has 1 aliphatic heterocycles. The van der Waals surface area contributed by atoms with Crippen molar-refractivity contribution in [1.29, 1.82) is 0 Å². The van der Waals surface area contributed by atoms with Gasteiger partial charge in [-0.1, -0.05) is 37.3 Å². The summed E-state index contributed by atoms with van der Waals surface area (Å²) in [5.74, 6) is -3.07. The van der Waals surface area contributed by atoms with Crippen LogP contribution in [0.25, 0.3) is 10.8 Å². The van der Waals surface area contributed by atoms with Gasteiger partial charge in [0.15, 0.2) is 16.4 Å². The first-order valence-corrected chi connectivity index (χ1v) is 13.1. The fourth-order valence-corrected chi connectivity index (χ4v) is 5.69. The van der Waals surface area contributed by atoms with Crippen LogP contribution >= 0.6 is 11.3 Å². The zero-order valence-corrected chi connectivity index (χ0v) is 21.6. The molecule has 0 saturated carbocycles. The summed E-state index contributed by atoms with van der Waals surface area (Å²) in [4.78, 5) is 40.7. The molecule has 2 atom stereocenters. The average molecular weight is 538 g/mol. The number of pyridine rings is 1. The molecular formula is C27H25F2N5O3S. The van der Waals surface area contributed by atoms with E-state index in [0.717, 1.165) is 23.5 Å². The third kappa shape index (κ3) is 4.69. The predicted molar refractivity (Wildman–Crippen MR) is 138 cm³/mol. The van der Waals surface area contributed by atoms with Crippen molar-refractivity contribution < 1.29 is 18.7 Å². The number of amides is 1. The quantitative estimate of drug-likeness (QED) is 0.383. The first kappa shape index (κ1) is 25.7. The smallest absolute Gasteiger partial charge is 0.290 e. The molecular weight excluding hydrogens is 512 g/mol. The Balaban J connectivity index is 1.57. The molecule has 3 aromatic heterocycles. The van der Waals surface area contributed by atoms with Crippen LogP contribution in [0.4, 0.5) is 8.78 Å². The Labute approximate surface area is 221 Å². The number of carbonyl (C=O) groups excluding carboxylic acids is 1. The minimum absolute atomic E-state index is 0.0612. The van der Waals surface area contributed by atoms with Gasteiger partial charge in [0, 0.05) is 36.1 Å². The van der Waals surface area contributed by atoms with Gasteiger partial charge in [0.25, 0.3) is 11.5 Å². The standard InChI is InChI=1S/C27H25F2N5O3S/c1-3-20(16-7-5-4-6-8-16)34-23(25-31-15(2)14-38-25)32-24(35)21(27(34)37)26(36)33-10-9-17(13-33)22-19(29)11-18(28)12-30-22/h4-8,11-12,14,17,20,37H,3,9-10,13H2,1-2H3. The number of aryl methyl sites for hydroxylation is 1. The van der Waals surface area contributed by atoms with Crippen molar-refractivity contribution in [3.05, 3.63) is 92.5 Å². The van der Waals surface area contributed by atoms with Crippen molar-refractivity contribution in [3.63, 3.8) is 0 Å². The molecule has 1 amide bonds. The molecule has 2 unspecified atom stereocenters. The summed E-state index contributed by atoms with van der Waals surface area (Å²) in [6, 6.07) is 9.75. The molecule has 0 radical (unpaired) electrons. The van der Waals surface area contributed by atoms with Gasteiger partial charge in [-0.05, 0) is 25.3 Å². The second-order valence-electron chi connectivity index (χ2n) is 9.20. The number of carbonyl (C=O) groups is 1. The first-order valence-electron chi connectivity index (χ1n) is 12.2. The number of aromatic hydroxyl groups is 1. The van der Waals surface area contributed by atoms with Gasteiger partial charge in [0.2, 0.25) is 5.88 Å². The lowest BCUT2D eigenvalue weighted by Crippen LogP contribution is -2.35. The van der Waals surface area contributed by atoms with Crippen molar-refractivity contribution in [2.24, 2.45) is 0 Å². The monoisotopic (exact) mass is 537 g/mol. The summed E-state index contributed by atoms with van der Waals surface area (Å²) < 4.78 is 29.1. The maximum Gasteiger partial charge on any atom is 0.290 e. The van der Waals surface area contributed by atoms with Crippen LogP contribution in [0.3, 0.4) is 0 Å². The number of benzene rings is 1. The number of halogens is 2. The highest BCUT2D eigenvalue weighted by molar-refractivity contribution is 7.13. The third-order valence-electron chi connectivity index (χ3n) is 6.71. The number of thiazole rings is 1. The van der Waals surface area contributed by atoms with Gasteiger partial charge in [-0.15, -0.1) is 11.3 Å². The van der Waals surface area contributed by atoms with Crippen LogP contribution in [0.5, 0.6) is 5.88 Å².